The molecule has 4 nitrogen and oxygen atoms in total. The molecule has 4 heteroatoms. The van der Waals surface area contributed by atoms with Crippen LogP contribution in [0.25, 0.3) is 0 Å². The standard InChI is InChI=1S/C15H17N3O/c1-12-14-8-5-9-17(14)10-11-18(12)15(19)16-13-6-3-2-4-7-13/h2-9,12H,10-11H2,1H3,(H,16,19)/t12-/m1/s1. The summed E-state index contributed by atoms with van der Waals surface area (Å²) in [4.78, 5) is 14.2. The number of rotatable bonds is 1. The summed E-state index contributed by atoms with van der Waals surface area (Å²) in [6, 6.07) is 13.7. The largest absolute Gasteiger partial charge is 0.348 e. The Morgan fingerprint density at radius 3 is 2.74 bits per heavy atom. The molecule has 98 valence electrons. The molecule has 0 bridgehead atoms. The fourth-order valence-electron chi connectivity index (χ4n) is 2.57. The molecule has 2 heterocycles. The van der Waals surface area contributed by atoms with Gasteiger partial charge < -0.3 is 14.8 Å². The normalized spacial score (nSPS) is 17.9. The average Bonchev–Trinajstić information content (AvgIpc) is 2.89. The molecule has 0 spiro atoms. The third-order valence-corrected chi connectivity index (χ3v) is 3.63. The van der Waals surface area contributed by atoms with Gasteiger partial charge in [0, 0.05) is 30.7 Å². The van der Waals surface area contributed by atoms with Crippen LogP contribution in [0.15, 0.2) is 48.7 Å². The fourth-order valence-corrected chi connectivity index (χ4v) is 2.57. The topological polar surface area (TPSA) is 37.3 Å². The van der Waals surface area contributed by atoms with Crippen molar-refractivity contribution in [3.63, 3.8) is 0 Å². The van der Waals surface area contributed by atoms with Gasteiger partial charge in [-0.05, 0) is 31.2 Å². The first-order valence-corrected chi connectivity index (χ1v) is 6.53. The number of nitrogens with one attached hydrogen (secondary N) is 1. The van der Waals surface area contributed by atoms with Gasteiger partial charge in [0.05, 0.1) is 6.04 Å². The van der Waals surface area contributed by atoms with Gasteiger partial charge >= 0.3 is 6.03 Å². The Labute approximate surface area is 112 Å². The zero-order valence-corrected chi connectivity index (χ0v) is 10.9. The molecule has 0 radical (unpaired) electrons. The number of urea groups is 1. The van der Waals surface area contributed by atoms with Gasteiger partial charge in [-0.25, -0.2) is 4.79 Å². The van der Waals surface area contributed by atoms with E-state index in [1.165, 1.54) is 5.69 Å². The van der Waals surface area contributed by atoms with Crippen molar-refractivity contribution in [3.8, 4) is 0 Å². The minimum Gasteiger partial charge on any atom is -0.348 e. The average molecular weight is 255 g/mol. The predicted molar refractivity (Wildman–Crippen MR) is 75.0 cm³/mol. The van der Waals surface area contributed by atoms with Crippen molar-refractivity contribution in [2.24, 2.45) is 0 Å². The van der Waals surface area contributed by atoms with E-state index in [2.05, 4.69) is 29.1 Å². The molecule has 2 aromatic rings. The number of aromatic nitrogens is 1. The Bertz CT molecular complexity index is 576. The Morgan fingerprint density at radius 1 is 1.16 bits per heavy atom. The van der Waals surface area contributed by atoms with Gasteiger partial charge in [0.1, 0.15) is 0 Å². The number of fused-ring (bicyclic) bond motifs is 1. The highest BCUT2D eigenvalue weighted by atomic mass is 16.2. The number of carbonyl (C=O) groups excluding carboxylic acids is 1. The molecule has 19 heavy (non-hydrogen) atoms. The summed E-state index contributed by atoms with van der Waals surface area (Å²) in [6.45, 7) is 3.66. The second kappa shape index (κ2) is 4.80. The van der Waals surface area contributed by atoms with Gasteiger partial charge in [0.25, 0.3) is 0 Å². The Hall–Kier alpha value is -2.23. The van der Waals surface area contributed by atoms with E-state index in [0.717, 1.165) is 18.8 Å². The molecule has 0 saturated carbocycles. The number of hydrogen-bond donors (Lipinski definition) is 1. The van der Waals surface area contributed by atoms with Crippen LogP contribution in [0.2, 0.25) is 0 Å². The van der Waals surface area contributed by atoms with E-state index < -0.39 is 0 Å². The van der Waals surface area contributed by atoms with E-state index in [1.807, 2.05) is 41.3 Å². The van der Waals surface area contributed by atoms with Crippen LogP contribution in [0, 0.1) is 0 Å². The summed E-state index contributed by atoms with van der Waals surface area (Å²) in [7, 11) is 0. The number of anilines is 1. The molecule has 3 rings (SSSR count). The van der Waals surface area contributed by atoms with Gasteiger partial charge in [-0.15, -0.1) is 0 Å². The van der Waals surface area contributed by atoms with Crippen LogP contribution >= 0.6 is 0 Å². The first-order valence-electron chi connectivity index (χ1n) is 6.53. The van der Waals surface area contributed by atoms with Gasteiger partial charge in [0.2, 0.25) is 0 Å². The molecule has 1 aliphatic heterocycles. The van der Waals surface area contributed by atoms with Crippen LogP contribution in [0.4, 0.5) is 10.5 Å². The minimum absolute atomic E-state index is 0.0360. The number of hydrogen-bond acceptors (Lipinski definition) is 1. The molecule has 1 N–H and O–H groups in total. The molecule has 1 aliphatic rings. The molecule has 0 saturated heterocycles. The fraction of sp³-hybridized carbons (Fsp3) is 0.267. The molecule has 1 aromatic heterocycles. The van der Waals surface area contributed by atoms with Gasteiger partial charge in [-0.2, -0.15) is 0 Å². The molecule has 0 unspecified atom stereocenters. The van der Waals surface area contributed by atoms with Gasteiger partial charge in [0.15, 0.2) is 0 Å². The third kappa shape index (κ3) is 2.21. The molecular formula is C15H17N3O. The first-order chi connectivity index (χ1) is 9.25. The summed E-state index contributed by atoms with van der Waals surface area (Å²) in [5.41, 5.74) is 2.02. The summed E-state index contributed by atoms with van der Waals surface area (Å²) in [6.07, 6.45) is 2.07. The highest BCUT2D eigenvalue weighted by Crippen LogP contribution is 2.25. The number of para-hydroxylation sites is 1. The lowest BCUT2D eigenvalue weighted by Gasteiger charge is -2.34. The van der Waals surface area contributed by atoms with E-state index in [4.69, 9.17) is 0 Å². The maximum Gasteiger partial charge on any atom is 0.322 e. The zero-order valence-electron chi connectivity index (χ0n) is 10.9. The quantitative estimate of drug-likeness (QED) is 0.835. The summed E-state index contributed by atoms with van der Waals surface area (Å²) in [5, 5.41) is 2.94. The molecular weight excluding hydrogens is 238 g/mol. The number of carbonyl (C=O) groups is 1. The summed E-state index contributed by atoms with van der Waals surface area (Å²) in [5.74, 6) is 0. The third-order valence-electron chi connectivity index (χ3n) is 3.63. The zero-order chi connectivity index (χ0) is 13.2. The van der Waals surface area contributed by atoms with Crippen LogP contribution in [-0.4, -0.2) is 22.0 Å². The maximum absolute atomic E-state index is 12.3. The van der Waals surface area contributed by atoms with Crippen molar-refractivity contribution < 1.29 is 4.79 Å². The van der Waals surface area contributed by atoms with Crippen LogP contribution in [-0.2, 0) is 6.54 Å². The molecule has 0 aliphatic carbocycles. The molecule has 2 amide bonds. The van der Waals surface area contributed by atoms with Crippen molar-refractivity contribution in [1.82, 2.24) is 9.47 Å². The van der Waals surface area contributed by atoms with Crippen LogP contribution in [0.5, 0.6) is 0 Å². The van der Waals surface area contributed by atoms with Crippen molar-refractivity contribution in [1.29, 1.82) is 0 Å². The maximum atomic E-state index is 12.3. The van der Waals surface area contributed by atoms with E-state index in [-0.39, 0.29) is 12.1 Å². The molecule has 1 aromatic carbocycles. The lowest BCUT2D eigenvalue weighted by Crippen LogP contribution is -2.42. The SMILES string of the molecule is C[C@@H]1c2cccn2CCN1C(=O)Nc1ccccc1. The van der Waals surface area contributed by atoms with Crippen molar-refractivity contribution in [3.05, 3.63) is 54.4 Å². The van der Waals surface area contributed by atoms with Crippen molar-refractivity contribution in [2.45, 2.75) is 19.5 Å². The molecule has 0 fully saturated rings. The van der Waals surface area contributed by atoms with E-state index in [1.54, 1.807) is 0 Å². The number of benzene rings is 1. The van der Waals surface area contributed by atoms with Crippen LogP contribution < -0.4 is 5.32 Å². The van der Waals surface area contributed by atoms with Crippen molar-refractivity contribution >= 4 is 11.7 Å². The lowest BCUT2D eigenvalue weighted by atomic mass is 10.1. The van der Waals surface area contributed by atoms with Gasteiger partial charge in [-0.3, -0.25) is 0 Å². The predicted octanol–water partition coefficient (Wildman–Crippen LogP) is 3.10. The monoisotopic (exact) mass is 255 g/mol. The van der Waals surface area contributed by atoms with Gasteiger partial charge in [-0.1, -0.05) is 18.2 Å². The smallest absolute Gasteiger partial charge is 0.322 e. The summed E-state index contributed by atoms with van der Waals surface area (Å²) < 4.78 is 2.21. The Balaban J connectivity index is 1.75. The second-order valence-electron chi connectivity index (χ2n) is 4.79. The first kappa shape index (κ1) is 11.8. The van der Waals surface area contributed by atoms with E-state index >= 15 is 0 Å². The highest BCUT2D eigenvalue weighted by Gasteiger charge is 2.27. The van der Waals surface area contributed by atoms with Crippen LogP contribution in [0.1, 0.15) is 18.7 Å². The van der Waals surface area contributed by atoms with E-state index in [9.17, 15) is 4.79 Å². The Morgan fingerprint density at radius 2 is 1.95 bits per heavy atom. The van der Waals surface area contributed by atoms with E-state index in [0.29, 0.717) is 0 Å². The number of nitrogens with zero attached hydrogens (tertiary/aromatic N) is 2. The van der Waals surface area contributed by atoms with Crippen LogP contribution in [0.3, 0.4) is 0 Å². The second-order valence-corrected chi connectivity index (χ2v) is 4.79. The Kier molecular flexibility index (Phi) is 2.99. The number of amides is 2. The van der Waals surface area contributed by atoms with Crippen molar-refractivity contribution in [2.75, 3.05) is 11.9 Å². The summed E-state index contributed by atoms with van der Waals surface area (Å²) >= 11 is 0. The minimum atomic E-state index is -0.0360. The molecule has 1 atom stereocenters. The lowest BCUT2D eigenvalue weighted by molar-refractivity contribution is 0.175. The highest BCUT2D eigenvalue weighted by molar-refractivity contribution is 5.89.